The molecule has 0 bridgehead atoms. The molecule has 0 rings (SSSR count). The van der Waals surface area contributed by atoms with Gasteiger partial charge in [0.05, 0.1) is 19.1 Å². The molecule has 0 saturated heterocycles. The van der Waals surface area contributed by atoms with E-state index in [2.05, 4.69) is 4.84 Å². The first-order valence-corrected chi connectivity index (χ1v) is 5.24. The molecule has 5 nitrogen and oxygen atoms in total. The van der Waals surface area contributed by atoms with E-state index in [1.807, 2.05) is 13.8 Å². The van der Waals surface area contributed by atoms with Gasteiger partial charge in [-0.2, -0.15) is 5.90 Å². The van der Waals surface area contributed by atoms with Crippen LogP contribution in [0, 0.1) is 10.8 Å². The molecule has 0 fully saturated rings. The molecular formula is C11H23NO4. The zero-order valence-electron chi connectivity index (χ0n) is 10.7. The number of carbonyl (C=O) groups excluding carboxylic acids is 1. The highest BCUT2D eigenvalue weighted by molar-refractivity contribution is 5.69. The molecule has 0 aromatic heterocycles. The van der Waals surface area contributed by atoms with Gasteiger partial charge in [0.15, 0.2) is 0 Å². The maximum Gasteiger partial charge on any atom is 0.325 e. The van der Waals surface area contributed by atoms with Crippen molar-refractivity contribution in [3.8, 4) is 0 Å². The molecule has 16 heavy (non-hydrogen) atoms. The third-order valence-electron chi connectivity index (χ3n) is 2.73. The maximum absolute atomic E-state index is 11.1. The van der Waals surface area contributed by atoms with Gasteiger partial charge in [-0.15, -0.1) is 0 Å². The number of nitrogens with two attached hydrogens (primary N) is 1. The smallest absolute Gasteiger partial charge is 0.325 e. The van der Waals surface area contributed by atoms with Crippen LogP contribution < -0.4 is 5.90 Å². The molecule has 0 amide bonds. The summed E-state index contributed by atoms with van der Waals surface area (Å²) in [5.74, 6) is 4.26. The van der Waals surface area contributed by atoms with Crippen molar-refractivity contribution in [3.63, 3.8) is 0 Å². The van der Waals surface area contributed by atoms with Gasteiger partial charge in [0.1, 0.15) is 0 Å². The molecule has 0 aliphatic heterocycles. The van der Waals surface area contributed by atoms with Gasteiger partial charge in [0.2, 0.25) is 0 Å². The Morgan fingerprint density at radius 3 is 2.19 bits per heavy atom. The van der Waals surface area contributed by atoms with Crippen LogP contribution >= 0.6 is 0 Å². The molecule has 0 heterocycles. The zero-order valence-corrected chi connectivity index (χ0v) is 10.7. The van der Waals surface area contributed by atoms with Gasteiger partial charge in [0.25, 0.3) is 0 Å². The summed E-state index contributed by atoms with van der Waals surface area (Å²) in [6, 6.07) is 0. The Morgan fingerprint density at radius 2 is 1.81 bits per heavy atom. The average Bonchev–Trinajstić information content (AvgIpc) is 2.15. The monoisotopic (exact) mass is 233 g/mol. The number of carbonyl (C=O) groups is 1. The second-order valence-electron chi connectivity index (χ2n) is 5.48. The van der Waals surface area contributed by atoms with Crippen molar-refractivity contribution < 1.29 is 19.5 Å². The molecule has 3 N–H and O–H groups in total. The van der Waals surface area contributed by atoms with Crippen molar-refractivity contribution in [3.05, 3.63) is 0 Å². The summed E-state index contributed by atoms with van der Waals surface area (Å²) in [7, 11) is 1.58. The fourth-order valence-electron chi connectivity index (χ4n) is 2.02. The van der Waals surface area contributed by atoms with E-state index in [-0.39, 0.29) is 6.42 Å². The van der Waals surface area contributed by atoms with Crippen molar-refractivity contribution in [2.75, 3.05) is 13.7 Å². The number of ether oxygens (including phenoxy) is 1. The molecule has 1 atom stereocenters. The molecule has 0 aliphatic carbocycles. The minimum absolute atomic E-state index is 0.0673. The molecule has 0 radical (unpaired) electrons. The average molecular weight is 233 g/mol. The van der Waals surface area contributed by atoms with Crippen LogP contribution in [0.25, 0.3) is 0 Å². The Balaban J connectivity index is 4.67. The molecule has 0 aliphatic rings. The number of aliphatic hydroxyl groups is 1. The van der Waals surface area contributed by atoms with Gasteiger partial charge in [-0.1, -0.05) is 27.7 Å². The quantitative estimate of drug-likeness (QED) is 0.665. The number of hydrogen-bond acceptors (Lipinski definition) is 5. The molecule has 0 spiro atoms. The van der Waals surface area contributed by atoms with E-state index in [0.29, 0.717) is 6.61 Å². The van der Waals surface area contributed by atoms with E-state index >= 15 is 0 Å². The second-order valence-corrected chi connectivity index (χ2v) is 5.48. The standard InChI is InChI=1S/C11H23NO4/c1-10(2,6-8(13)16-12)9(14)11(3,4)7-15-5/h9,14H,6-7,12H2,1-5H3. The summed E-state index contributed by atoms with van der Waals surface area (Å²) in [5, 5.41) is 10.3. The van der Waals surface area contributed by atoms with Crippen LogP contribution in [0.5, 0.6) is 0 Å². The lowest BCUT2D eigenvalue weighted by Crippen LogP contribution is -2.45. The summed E-state index contributed by atoms with van der Waals surface area (Å²) in [4.78, 5) is 15.3. The summed E-state index contributed by atoms with van der Waals surface area (Å²) in [6.45, 7) is 7.78. The molecular weight excluding hydrogens is 210 g/mol. The number of aliphatic hydroxyl groups excluding tert-OH is 1. The van der Waals surface area contributed by atoms with E-state index in [0.717, 1.165) is 0 Å². The highest BCUT2D eigenvalue weighted by Crippen LogP contribution is 2.36. The molecule has 96 valence electrons. The van der Waals surface area contributed by atoms with Crippen LogP contribution in [0.15, 0.2) is 0 Å². The van der Waals surface area contributed by atoms with Crippen LogP contribution in [0.2, 0.25) is 0 Å². The van der Waals surface area contributed by atoms with Crippen LogP contribution in [-0.4, -0.2) is 30.9 Å². The van der Waals surface area contributed by atoms with Gasteiger partial charge < -0.3 is 14.7 Å². The normalized spacial score (nSPS) is 14.7. The van der Waals surface area contributed by atoms with Gasteiger partial charge in [-0.05, 0) is 0 Å². The van der Waals surface area contributed by atoms with Crippen molar-refractivity contribution in [2.24, 2.45) is 16.7 Å². The molecule has 0 aromatic rings. The van der Waals surface area contributed by atoms with Gasteiger partial charge in [0, 0.05) is 17.9 Å². The van der Waals surface area contributed by atoms with E-state index in [9.17, 15) is 9.90 Å². The lowest BCUT2D eigenvalue weighted by Gasteiger charge is -2.40. The lowest BCUT2D eigenvalue weighted by atomic mass is 9.71. The van der Waals surface area contributed by atoms with Crippen LogP contribution in [-0.2, 0) is 14.4 Å². The van der Waals surface area contributed by atoms with Crippen molar-refractivity contribution in [1.82, 2.24) is 0 Å². The Hall–Kier alpha value is -0.650. The highest BCUT2D eigenvalue weighted by atomic mass is 16.7. The lowest BCUT2D eigenvalue weighted by molar-refractivity contribution is -0.151. The molecule has 1 unspecified atom stereocenters. The third-order valence-corrected chi connectivity index (χ3v) is 2.73. The molecule has 5 heteroatoms. The fourth-order valence-corrected chi connectivity index (χ4v) is 2.02. The third kappa shape index (κ3) is 4.08. The first-order chi connectivity index (χ1) is 7.17. The maximum atomic E-state index is 11.1. The van der Waals surface area contributed by atoms with E-state index < -0.39 is 22.9 Å². The number of rotatable bonds is 6. The zero-order chi connectivity index (χ0) is 13.0. The minimum Gasteiger partial charge on any atom is -0.392 e. The van der Waals surface area contributed by atoms with Crippen LogP contribution in [0.4, 0.5) is 0 Å². The largest absolute Gasteiger partial charge is 0.392 e. The summed E-state index contributed by atoms with van der Waals surface area (Å²) in [5.41, 5.74) is -1.05. The Kier molecular flexibility index (Phi) is 5.38. The Bertz CT molecular complexity index is 238. The highest BCUT2D eigenvalue weighted by Gasteiger charge is 2.41. The van der Waals surface area contributed by atoms with E-state index in [1.54, 1.807) is 21.0 Å². The van der Waals surface area contributed by atoms with Crippen LogP contribution in [0.3, 0.4) is 0 Å². The fraction of sp³-hybridized carbons (Fsp3) is 0.909. The molecule has 0 aromatic carbocycles. The predicted molar refractivity (Wildman–Crippen MR) is 60.3 cm³/mol. The second kappa shape index (κ2) is 5.61. The van der Waals surface area contributed by atoms with Crippen molar-refractivity contribution >= 4 is 5.97 Å². The Morgan fingerprint density at radius 1 is 1.31 bits per heavy atom. The summed E-state index contributed by atoms with van der Waals surface area (Å²) in [6.07, 6.45) is -0.628. The van der Waals surface area contributed by atoms with Gasteiger partial charge in [-0.25, -0.2) is 0 Å². The summed E-state index contributed by atoms with van der Waals surface area (Å²) < 4.78 is 5.05. The van der Waals surface area contributed by atoms with Crippen molar-refractivity contribution in [2.45, 2.75) is 40.2 Å². The van der Waals surface area contributed by atoms with Gasteiger partial charge in [-0.3, -0.25) is 4.79 Å². The first-order valence-electron chi connectivity index (χ1n) is 5.24. The van der Waals surface area contributed by atoms with E-state index in [4.69, 9.17) is 10.6 Å². The van der Waals surface area contributed by atoms with E-state index in [1.165, 1.54) is 0 Å². The SMILES string of the molecule is COCC(C)(C)C(O)C(C)(C)CC(=O)ON. The predicted octanol–water partition coefficient (Wildman–Crippen LogP) is 0.853. The Labute approximate surface area is 96.9 Å². The number of methoxy groups -OCH3 is 1. The van der Waals surface area contributed by atoms with Crippen LogP contribution in [0.1, 0.15) is 34.1 Å². The summed E-state index contributed by atoms with van der Waals surface area (Å²) >= 11 is 0. The van der Waals surface area contributed by atoms with Gasteiger partial charge >= 0.3 is 5.97 Å². The minimum atomic E-state index is -0.695. The first kappa shape index (κ1) is 15.3. The number of hydrogen-bond donors (Lipinski definition) is 2. The topological polar surface area (TPSA) is 81.8 Å². The molecule has 0 saturated carbocycles. The van der Waals surface area contributed by atoms with Crippen molar-refractivity contribution in [1.29, 1.82) is 0 Å².